The molecule has 2 rings (SSSR count). The van der Waals surface area contributed by atoms with Gasteiger partial charge in [-0.2, -0.15) is 0 Å². The van der Waals surface area contributed by atoms with Crippen LogP contribution in [0.2, 0.25) is 0 Å². The number of nitrogens with zero attached hydrogens (tertiary/aromatic N) is 1. The normalized spacial score (nSPS) is 10.1. The molecule has 1 aromatic heterocycles. The minimum Gasteiger partial charge on any atom is -0.477 e. The fourth-order valence-corrected chi connectivity index (χ4v) is 2.33. The number of carbonyl (C=O) groups is 3. The summed E-state index contributed by atoms with van der Waals surface area (Å²) in [7, 11) is 0. The number of hydrogen-bond acceptors (Lipinski definition) is 6. The maximum absolute atomic E-state index is 12.2. The highest BCUT2D eigenvalue weighted by atomic mass is 16.5. The predicted molar refractivity (Wildman–Crippen MR) is 98.8 cm³/mol. The van der Waals surface area contributed by atoms with E-state index in [1.165, 1.54) is 19.2 Å². The van der Waals surface area contributed by atoms with Crippen LogP contribution in [0.1, 0.15) is 40.1 Å². The van der Waals surface area contributed by atoms with E-state index in [1.54, 1.807) is 25.1 Å². The van der Waals surface area contributed by atoms with E-state index in [9.17, 15) is 14.4 Å². The standard InChI is InChI=1S/C20H22N2O5/c1-3-26-19-17(5-4-11-22-19)20(25)27-13-18(24)16-8-6-15(7-9-16)10-12-21-14(2)23/h4-9,11H,3,10,12-13H2,1-2H3,(H,21,23). The smallest absolute Gasteiger partial charge is 0.344 e. The predicted octanol–water partition coefficient (Wildman–Crippen LogP) is 2.20. The van der Waals surface area contributed by atoms with Gasteiger partial charge in [-0.3, -0.25) is 9.59 Å². The monoisotopic (exact) mass is 370 g/mol. The number of hydrogen-bond donors (Lipinski definition) is 1. The van der Waals surface area contributed by atoms with Crippen LogP contribution >= 0.6 is 0 Å². The highest BCUT2D eigenvalue weighted by molar-refractivity contribution is 5.99. The molecule has 1 amide bonds. The highest BCUT2D eigenvalue weighted by Gasteiger charge is 2.17. The number of Topliss-reactive ketones (excluding diaryl/α,β-unsaturated/α-hetero) is 1. The van der Waals surface area contributed by atoms with Crippen molar-refractivity contribution in [3.63, 3.8) is 0 Å². The first-order chi connectivity index (χ1) is 13.0. The number of nitrogens with one attached hydrogen (secondary N) is 1. The number of pyridine rings is 1. The first-order valence-electron chi connectivity index (χ1n) is 8.62. The summed E-state index contributed by atoms with van der Waals surface area (Å²) < 4.78 is 10.4. The number of ketones is 1. The average Bonchev–Trinajstić information content (AvgIpc) is 2.67. The van der Waals surface area contributed by atoms with Crippen LogP contribution < -0.4 is 10.1 Å². The van der Waals surface area contributed by atoms with Gasteiger partial charge in [-0.1, -0.05) is 24.3 Å². The molecule has 0 atom stereocenters. The van der Waals surface area contributed by atoms with Gasteiger partial charge < -0.3 is 14.8 Å². The molecule has 27 heavy (non-hydrogen) atoms. The fraction of sp³-hybridized carbons (Fsp3) is 0.300. The molecule has 1 N–H and O–H groups in total. The molecule has 2 aromatic rings. The molecule has 0 saturated heterocycles. The molecule has 0 aliphatic heterocycles. The molecule has 0 aliphatic rings. The lowest BCUT2D eigenvalue weighted by atomic mass is 10.1. The highest BCUT2D eigenvalue weighted by Crippen LogP contribution is 2.16. The van der Waals surface area contributed by atoms with Crippen LogP contribution in [0.15, 0.2) is 42.6 Å². The molecule has 142 valence electrons. The Balaban J connectivity index is 1.90. The molecule has 0 saturated carbocycles. The Hall–Kier alpha value is -3.22. The van der Waals surface area contributed by atoms with E-state index in [0.29, 0.717) is 25.1 Å². The van der Waals surface area contributed by atoms with Crippen LogP contribution in [-0.4, -0.2) is 42.4 Å². The molecule has 7 nitrogen and oxygen atoms in total. The summed E-state index contributed by atoms with van der Waals surface area (Å²) in [5.74, 6) is -0.865. The van der Waals surface area contributed by atoms with Crippen molar-refractivity contribution in [2.45, 2.75) is 20.3 Å². The first-order valence-corrected chi connectivity index (χ1v) is 8.62. The van der Waals surface area contributed by atoms with Gasteiger partial charge in [0.1, 0.15) is 5.56 Å². The largest absolute Gasteiger partial charge is 0.477 e. The third-order valence-corrected chi connectivity index (χ3v) is 3.67. The van der Waals surface area contributed by atoms with Gasteiger partial charge in [0.25, 0.3) is 0 Å². The third-order valence-electron chi connectivity index (χ3n) is 3.67. The van der Waals surface area contributed by atoms with Crippen molar-refractivity contribution in [2.75, 3.05) is 19.8 Å². The van der Waals surface area contributed by atoms with Crippen LogP contribution in [0.4, 0.5) is 0 Å². The number of aromatic nitrogens is 1. The van der Waals surface area contributed by atoms with Crippen molar-refractivity contribution in [3.05, 3.63) is 59.3 Å². The Morgan fingerprint density at radius 3 is 2.52 bits per heavy atom. The van der Waals surface area contributed by atoms with Crippen LogP contribution in [0, 0.1) is 0 Å². The number of ether oxygens (including phenoxy) is 2. The van der Waals surface area contributed by atoms with Gasteiger partial charge >= 0.3 is 5.97 Å². The SMILES string of the molecule is CCOc1ncccc1C(=O)OCC(=O)c1ccc(CCNC(C)=O)cc1. The van der Waals surface area contributed by atoms with E-state index in [0.717, 1.165) is 5.56 Å². The molecule has 0 radical (unpaired) electrons. The molecule has 0 spiro atoms. The molecule has 1 aromatic carbocycles. The summed E-state index contributed by atoms with van der Waals surface area (Å²) in [6.45, 7) is 3.78. The van der Waals surface area contributed by atoms with Crippen molar-refractivity contribution in [1.82, 2.24) is 10.3 Å². The molecule has 0 bridgehead atoms. The number of amides is 1. The zero-order valence-corrected chi connectivity index (χ0v) is 15.4. The summed E-state index contributed by atoms with van der Waals surface area (Å²) in [6.07, 6.45) is 2.19. The van der Waals surface area contributed by atoms with E-state index in [1.807, 2.05) is 12.1 Å². The van der Waals surface area contributed by atoms with E-state index >= 15 is 0 Å². The van der Waals surface area contributed by atoms with Gasteiger partial charge in [-0.25, -0.2) is 9.78 Å². The Morgan fingerprint density at radius 2 is 1.85 bits per heavy atom. The Labute approximate surface area is 157 Å². The van der Waals surface area contributed by atoms with Crippen LogP contribution in [0.3, 0.4) is 0 Å². The molecule has 1 heterocycles. The van der Waals surface area contributed by atoms with Crippen molar-refractivity contribution in [2.24, 2.45) is 0 Å². The lowest BCUT2D eigenvalue weighted by Gasteiger charge is -2.09. The second kappa shape index (κ2) is 10.1. The van der Waals surface area contributed by atoms with Crippen LogP contribution in [-0.2, 0) is 16.0 Å². The van der Waals surface area contributed by atoms with Crippen molar-refractivity contribution in [3.8, 4) is 5.88 Å². The van der Waals surface area contributed by atoms with Gasteiger partial charge in [0.05, 0.1) is 6.61 Å². The molecule has 0 fully saturated rings. The molecule has 0 unspecified atom stereocenters. The zero-order valence-electron chi connectivity index (χ0n) is 15.4. The Morgan fingerprint density at radius 1 is 1.11 bits per heavy atom. The van der Waals surface area contributed by atoms with E-state index in [2.05, 4.69) is 10.3 Å². The van der Waals surface area contributed by atoms with Crippen LogP contribution in [0.25, 0.3) is 0 Å². The summed E-state index contributed by atoms with van der Waals surface area (Å²) >= 11 is 0. The van der Waals surface area contributed by atoms with Gasteiger partial charge in [0.2, 0.25) is 11.8 Å². The minimum absolute atomic E-state index is 0.0790. The van der Waals surface area contributed by atoms with Crippen molar-refractivity contribution in [1.29, 1.82) is 0 Å². The number of carbonyl (C=O) groups excluding carboxylic acids is 3. The lowest BCUT2D eigenvalue weighted by Crippen LogP contribution is -2.22. The minimum atomic E-state index is -0.660. The van der Waals surface area contributed by atoms with Gasteiger partial charge in [0.15, 0.2) is 12.4 Å². The van der Waals surface area contributed by atoms with E-state index in [4.69, 9.17) is 9.47 Å². The maximum Gasteiger partial charge on any atom is 0.344 e. The summed E-state index contributed by atoms with van der Waals surface area (Å²) in [5.41, 5.74) is 1.62. The molecule has 7 heteroatoms. The van der Waals surface area contributed by atoms with Gasteiger partial charge in [-0.15, -0.1) is 0 Å². The summed E-state index contributed by atoms with van der Waals surface area (Å²) in [6, 6.07) is 10.1. The second-order valence-electron chi connectivity index (χ2n) is 5.72. The first kappa shape index (κ1) is 20.1. The van der Waals surface area contributed by atoms with Crippen molar-refractivity contribution >= 4 is 17.7 Å². The topological polar surface area (TPSA) is 94.6 Å². The quantitative estimate of drug-likeness (QED) is 0.537. The Kier molecular flexibility index (Phi) is 7.49. The fourth-order valence-electron chi connectivity index (χ4n) is 2.33. The van der Waals surface area contributed by atoms with Crippen LogP contribution in [0.5, 0.6) is 5.88 Å². The van der Waals surface area contributed by atoms with Crippen molar-refractivity contribution < 1.29 is 23.9 Å². The summed E-state index contributed by atoms with van der Waals surface area (Å²) in [5, 5.41) is 2.71. The van der Waals surface area contributed by atoms with E-state index in [-0.39, 0.29) is 29.7 Å². The Bertz CT molecular complexity index is 802. The zero-order chi connectivity index (χ0) is 19.6. The van der Waals surface area contributed by atoms with Gasteiger partial charge in [0, 0.05) is 25.2 Å². The van der Waals surface area contributed by atoms with Gasteiger partial charge in [-0.05, 0) is 31.0 Å². The van der Waals surface area contributed by atoms with E-state index < -0.39 is 5.97 Å². The number of esters is 1. The maximum atomic E-state index is 12.2. The molecular formula is C20H22N2O5. The number of rotatable bonds is 9. The third kappa shape index (κ3) is 6.22. The number of benzene rings is 1. The average molecular weight is 370 g/mol. The lowest BCUT2D eigenvalue weighted by molar-refractivity contribution is -0.118. The molecule has 0 aliphatic carbocycles. The second-order valence-corrected chi connectivity index (χ2v) is 5.72. The molecular weight excluding hydrogens is 348 g/mol. The summed E-state index contributed by atoms with van der Waals surface area (Å²) in [4.78, 5) is 39.2.